The number of anilines is 1. The number of rotatable bonds is 3. The van der Waals surface area contributed by atoms with Crippen molar-refractivity contribution in [2.75, 3.05) is 31.6 Å². The van der Waals surface area contributed by atoms with Crippen molar-refractivity contribution in [1.82, 2.24) is 15.6 Å². The third kappa shape index (κ3) is 2.80. The van der Waals surface area contributed by atoms with Crippen LogP contribution in [0.25, 0.3) is 0 Å². The summed E-state index contributed by atoms with van der Waals surface area (Å²) in [5, 5.41) is 8.11. The van der Waals surface area contributed by atoms with Crippen molar-refractivity contribution in [3.63, 3.8) is 0 Å². The molecule has 0 radical (unpaired) electrons. The molecule has 146 valence electrons. The number of nitrogens with one attached hydrogen (secondary N) is 2. The molecule has 0 aromatic carbocycles. The first-order chi connectivity index (χ1) is 13.2. The van der Waals surface area contributed by atoms with Gasteiger partial charge in [0.15, 0.2) is 5.96 Å². The number of ether oxygens (including phenoxy) is 1. The number of aromatic nitrogens is 1. The molecule has 2 saturated heterocycles. The Kier molecular flexibility index (Phi) is 4.43. The lowest BCUT2D eigenvalue weighted by Gasteiger charge is -2.63. The number of pyridine rings is 1. The Hall–Kier alpha value is -1.53. The summed E-state index contributed by atoms with van der Waals surface area (Å²) in [4.78, 5) is 11.2. The summed E-state index contributed by atoms with van der Waals surface area (Å²) in [6, 6.07) is 4.63. The average Bonchev–Trinajstić information content (AvgIpc) is 3.26. The minimum Gasteiger partial charge on any atom is -0.377 e. The summed E-state index contributed by atoms with van der Waals surface area (Å²) in [5.41, 5.74) is 0.363. The van der Waals surface area contributed by atoms with Gasteiger partial charge in [0.2, 0.25) is 0 Å². The lowest BCUT2D eigenvalue weighted by molar-refractivity contribution is -0.171. The molecule has 2 N–H and O–H groups in total. The highest BCUT2D eigenvalue weighted by molar-refractivity contribution is 6.32. The normalized spacial score (nSPS) is 34.1. The van der Waals surface area contributed by atoms with Gasteiger partial charge >= 0.3 is 0 Å². The molecule has 4 atom stereocenters. The lowest BCUT2D eigenvalue weighted by Crippen LogP contribution is -2.72. The minimum atomic E-state index is 0.349. The molecule has 27 heavy (non-hydrogen) atoms. The molecule has 1 aromatic heterocycles. The minimum absolute atomic E-state index is 0.349. The van der Waals surface area contributed by atoms with E-state index >= 15 is 0 Å². The van der Waals surface area contributed by atoms with Crippen LogP contribution in [0, 0.1) is 11.3 Å². The lowest BCUT2D eigenvalue weighted by atomic mass is 9.46. The van der Waals surface area contributed by atoms with Crippen molar-refractivity contribution < 1.29 is 4.74 Å². The molecule has 2 aliphatic heterocycles. The number of halogens is 1. The van der Waals surface area contributed by atoms with Gasteiger partial charge < -0.3 is 20.3 Å². The predicted molar refractivity (Wildman–Crippen MR) is 107 cm³/mol. The molecular formula is C20H28ClN5O. The standard InChI is InChI=1S/C20H28ClN5O/c1-22-19(25-16-14-6-11-27-17(14)20(16)7-3-8-20)24-13-5-10-26(12-13)18-15(21)4-2-9-23-18/h2,4,9,13-14,16-17H,3,5-8,10-12H2,1H3,(H2,22,24,25). The zero-order valence-corrected chi connectivity index (χ0v) is 16.6. The third-order valence-corrected chi connectivity index (χ3v) is 7.41. The molecule has 2 aliphatic carbocycles. The molecule has 0 amide bonds. The van der Waals surface area contributed by atoms with E-state index in [1.165, 1.54) is 25.7 Å². The first-order valence-corrected chi connectivity index (χ1v) is 10.6. The molecule has 0 bridgehead atoms. The largest absolute Gasteiger partial charge is 0.377 e. The fourth-order valence-electron chi connectivity index (χ4n) is 5.65. The molecule has 6 nitrogen and oxygen atoms in total. The van der Waals surface area contributed by atoms with Gasteiger partial charge in [0, 0.05) is 56.4 Å². The zero-order chi connectivity index (χ0) is 18.4. The Balaban J connectivity index is 1.21. The van der Waals surface area contributed by atoms with Gasteiger partial charge in [-0.3, -0.25) is 4.99 Å². The summed E-state index contributed by atoms with van der Waals surface area (Å²) < 4.78 is 6.04. The highest BCUT2D eigenvalue weighted by Crippen LogP contribution is 2.62. The van der Waals surface area contributed by atoms with E-state index in [1.54, 1.807) is 6.20 Å². The first-order valence-electron chi connectivity index (χ1n) is 10.2. The maximum Gasteiger partial charge on any atom is 0.191 e. The van der Waals surface area contributed by atoms with Crippen molar-refractivity contribution in [3.05, 3.63) is 23.4 Å². The number of hydrogen-bond acceptors (Lipinski definition) is 4. The van der Waals surface area contributed by atoms with Crippen LogP contribution in [0.2, 0.25) is 5.02 Å². The molecular weight excluding hydrogens is 362 g/mol. The fraction of sp³-hybridized carbons (Fsp3) is 0.700. The van der Waals surface area contributed by atoms with E-state index in [0.717, 1.165) is 37.9 Å². The van der Waals surface area contributed by atoms with Crippen molar-refractivity contribution in [3.8, 4) is 0 Å². The highest BCUT2D eigenvalue weighted by Gasteiger charge is 2.66. The van der Waals surface area contributed by atoms with Crippen LogP contribution in [-0.2, 0) is 4.74 Å². The van der Waals surface area contributed by atoms with E-state index in [1.807, 2.05) is 19.2 Å². The molecule has 4 aliphatic rings. The van der Waals surface area contributed by atoms with Gasteiger partial charge in [-0.2, -0.15) is 0 Å². The summed E-state index contributed by atoms with van der Waals surface area (Å²) in [6.07, 6.45) is 8.43. The molecule has 5 rings (SSSR count). The second-order valence-corrected chi connectivity index (χ2v) is 8.82. The van der Waals surface area contributed by atoms with Crippen LogP contribution in [0.15, 0.2) is 23.3 Å². The summed E-state index contributed by atoms with van der Waals surface area (Å²) in [7, 11) is 1.87. The third-order valence-electron chi connectivity index (χ3n) is 7.12. The van der Waals surface area contributed by atoms with Gasteiger partial charge in [-0.05, 0) is 37.8 Å². The van der Waals surface area contributed by atoms with Crippen LogP contribution >= 0.6 is 11.6 Å². The van der Waals surface area contributed by atoms with Crippen molar-refractivity contribution >= 4 is 23.4 Å². The summed E-state index contributed by atoms with van der Waals surface area (Å²) >= 11 is 6.31. The fourth-order valence-corrected chi connectivity index (χ4v) is 5.89. The molecule has 1 aromatic rings. The van der Waals surface area contributed by atoms with Crippen LogP contribution in [0.5, 0.6) is 0 Å². The quantitative estimate of drug-likeness (QED) is 0.614. The Morgan fingerprint density at radius 3 is 3.00 bits per heavy atom. The highest BCUT2D eigenvalue weighted by atomic mass is 35.5. The predicted octanol–water partition coefficient (Wildman–Crippen LogP) is 2.44. The first kappa shape index (κ1) is 17.6. The van der Waals surface area contributed by atoms with E-state index in [0.29, 0.717) is 34.5 Å². The van der Waals surface area contributed by atoms with Crippen molar-refractivity contribution in [2.45, 2.75) is 50.3 Å². The van der Waals surface area contributed by atoms with Gasteiger partial charge in [-0.1, -0.05) is 18.0 Å². The molecule has 2 saturated carbocycles. The number of guanidine groups is 1. The Labute approximate surface area is 165 Å². The topological polar surface area (TPSA) is 61.8 Å². The maximum absolute atomic E-state index is 6.31. The van der Waals surface area contributed by atoms with Crippen LogP contribution in [0.3, 0.4) is 0 Å². The van der Waals surface area contributed by atoms with Crippen molar-refractivity contribution in [1.29, 1.82) is 0 Å². The van der Waals surface area contributed by atoms with Gasteiger partial charge in [0.25, 0.3) is 0 Å². The summed E-state index contributed by atoms with van der Waals surface area (Å²) in [5.74, 6) is 2.46. The Morgan fingerprint density at radius 1 is 1.37 bits per heavy atom. The van der Waals surface area contributed by atoms with Crippen LogP contribution < -0.4 is 15.5 Å². The van der Waals surface area contributed by atoms with E-state index in [4.69, 9.17) is 16.3 Å². The second kappa shape index (κ2) is 6.82. The average molecular weight is 390 g/mol. The SMILES string of the molecule is CN=C(NC1CCN(c2ncccc2Cl)C1)NC1C2CCOC2C12CCC2. The number of fused-ring (bicyclic) bond motifs is 2. The monoisotopic (exact) mass is 389 g/mol. The van der Waals surface area contributed by atoms with Crippen LogP contribution in [0.1, 0.15) is 32.1 Å². The maximum atomic E-state index is 6.31. The van der Waals surface area contributed by atoms with Crippen molar-refractivity contribution in [2.24, 2.45) is 16.3 Å². The zero-order valence-electron chi connectivity index (χ0n) is 15.8. The number of nitrogens with zero attached hydrogens (tertiary/aromatic N) is 3. The van der Waals surface area contributed by atoms with Gasteiger partial charge in [0.05, 0.1) is 11.1 Å². The molecule has 1 spiro atoms. The van der Waals surface area contributed by atoms with Crippen LogP contribution in [0.4, 0.5) is 5.82 Å². The number of hydrogen-bond donors (Lipinski definition) is 2. The molecule has 4 fully saturated rings. The molecule has 3 heterocycles. The molecule has 7 heteroatoms. The Bertz CT molecular complexity index is 737. The smallest absolute Gasteiger partial charge is 0.191 e. The summed E-state index contributed by atoms with van der Waals surface area (Å²) in [6.45, 7) is 2.77. The molecule has 4 unspecified atom stereocenters. The van der Waals surface area contributed by atoms with E-state index in [9.17, 15) is 0 Å². The number of aliphatic imine (C=N–C) groups is 1. The van der Waals surface area contributed by atoms with Crippen LogP contribution in [-0.4, -0.2) is 55.9 Å². The van der Waals surface area contributed by atoms with Gasteiger partial charge in [-0.15, -0.1) is 0 Å². The second-order valence-electron chi connectivity index (χ2n) is 8.41. The van der Waals surface area contributed by atoms with Gasteiger partial charge in [0.1, 0.15) is 5.82 Å². The van der Waals surface area contributed by atoms with E-state index < -0.39 is 0 Å². The van der Waals surface area contributed by atoms with E-state index in [-0.39, 0.29) is 0 Å². The van der Waals surface area contributed by atoms with Gasteiger partial charge in [-0.25, -0.2) is 4.98 Å². The Morgan fingerprint density at radius 2 is 2.26 bits per heavy atom. The van der Waals surface area contributed by atoms with E-state index in [2.05, 4.69) is 25.5 Å².